The van der Waals surface area contributed by atoms with Gasteiger partial charge >= 0.3 is 0 Å². The minimum atomic E-state index is -0.618. The molecule has 0 spiro atoms. The average Bonchev–Trinajstić information content (AvgIpc) is 3.51. The number of rotatable bonds is 9. The molecule has 3 aromatic rings. The van der Waals surface area contributed by atoms with Crippen molar-refractivity contribution in [2.24, 2.45) is 23.0 Å². The average molecular weight is 590 g/mol. The second-order valence-electron chi connectivity index (χ2n) is 12.2. The maximum absolute atomic E-state index is 13.3. The van der Waals surface area contributed by atoms with E-state index in [1.807, 2.05) is 12.3 Å². The maximum atomic E-state index is 13.3. The number of aryl methyl sites for hydroxylation is 1. The molecule has 1 heterocycles. The summed E-state index contributed by atoms with van der Waals surface area (Å²) in [6, 6.07) is 14.8. The van der Waals surface area contributed by atoms with Crippen LogP contribution >= 0.6 is 11.3 Å². The first-order chi connectivity index (χ1) is 20.3. The van der Waals surface area contributed by atoms with Crippen LogP contribution in [0.15, 0.2) is 48.7 Å². The highest BCUT2D eigenvalue weighted by Gasteiger charge is 2.48. The molecule has 2 aliphatic rings. The number of methoxy groups -OCH3 is 2. The zero-order valence-corrected chi connectivity index (χ0v) is 26.0. The molecule has 0 bridgehead atoms. The van der Waals surface area contributed by atoms with Gasteiger partial charge in [0, 0.05) is 24.6 Å². The van der Waals surface area contributed by atoms with Gasteiger partial charge in [-0.2, -0.15) is 0 Å². The SMILES string of the molecule is CNC(=O)[C@@H]1CCC(CC2CCC(c3ccc(OC)c(C)c3)CC2)(C(N)=O)C[C@H]1c1cccc(-c2cnc(OC)s2)c1. The first-order valence-electron chi connectivity index (χ1n) is 15.0. The van der Waals surface area contributed by atoms with Crippen LogP contribution in [0.4, 0.5) is 0 Å². The van der Waals surface area contributed by atoms with E-state index in [1.165, 1.54) is 22.5 Å². The van der Waals surface area contributed by atoms with Crippen LogP contribution in [0.2, 0.25) is 0 Å². The molecule has 224 valence electrons. The molecule has 3 atom stereocenters. The molecule has 42 heavy (non-hydrogen) atoms. The number of hydrogen-bond acceptors (Lipinski definition) is 6. The van der Waals surface area contributed by atoms with Gasteiger partial charge in [-0.1, -0.05) is 41.7 Å². The fourth-order valence-corrected chi connectivity index (χ4v) is 8.20. The first-order valence-corrected chi connectivity index (χ1v) is 15.8. The van der Waals surface area contributed by atoms with Crippen LogP contribution < -0.4 is 20.5 Å². The monoisotopic (exact) mass is 589 g/mol. The highest BCUT2D eigenvalue weighted by atomic mass is 32.1. The Labute approximate surface area is 253 Å². The molecular formula is C34H43N3O4S. The molecule has 3 N–H and O–H groups in total. The fraction of sp³-hybridized carbons (Fsp3) is 0.500. The second-order valence-corrected chi connectivity index (χ2v) is 13.2. The molecule has 7 nitrogen and oxygen atoms in total. The van der Waals surface area contributed by atoms with Crippen molar-refractivity contribution in [3.8, 4) is 21.4 Å². The van der Waals surface area contributed by atoms with Gasteiger partial charge < -0.3 is 20.5 Å². The van der Waals surface area contributed by atoms with Crippen molar-refractivity contribution in [2.45, 2.75) is 70.1 Å². The third-order valence-corrected chi connectivity index (χ3v) is 10.8. The van der Waals surface area contributed by atoms with Crippen molar-refractivity contribution in [3.05, 3.63) is 65.4 Å². The number of carbonyl (C=O) groups is 2. The maximum Gasteiger partial charge on any atom is 0.273 e. The number of carbonyl (C=O) groups excluding carboxylic acids is 2. The number of nitrogens with two attached hydrogens (primary N) is 1. The zero-order valence-electron chi connectivity index (χ0n) is 25.2. The molecule has 5 rings (SSSR count). The van der Waals surface area contributed by atoms with E-state index in [-0.39, 0.29) is 23.7 Å². The van der Waals surface area contributed by atoms with Gasteiger partial charge in [-0.05, 0) is 110 Å². The summed E-state index contributed by atoms with van der Waals surface area (Å²) in [5.41, 5.74) is 10.3. The number of nitrogens with one attached hydrogen (secondary N) is 1. The normalized spacial score (nSPS) is 25.9. The molecule has 2 aromatic carbocycles. The third-order valence-electron chi connectivity index (χ3n) is 9.81. The van der Waals surface area contributed by atoms with E-state index < -0.39 is 5.41 Å². The number of ether oxygens (including phenoxy) is 2. The minimum absolute atomic E-state index is 0.0261. The zero-order chi connectivity index (χ0) is 29.9. The van der Waals surface area contributed by atoms with E-state index in [9.17, 15) is 9.59 Å². The Hall–Kier alpha value is -3.39. The molecule has 0 radical (unpaired) electrons. The van der Waals surface area contributed by atoms with Gasteiger partial charge in [-0.25, -0.2) is 4.98 Å². The van der Waals surface area contributed by atoms with Crippen LogP contribution in [-0.4, -0.2) is 38.1 Å². The fourth-order valence-electron chi connectivity index (χ4n) is 7.47. The highest BCUT2D eigenvalue weighted by Crippen LogP contribution is 2.52. The van der Waals surface area contributed by atoms with Crippen LogP contribution in [0.5, 0.6) is 10.9 Å². The summed E-state index contributed by atoms with van der Waals surface area (Å²) in [6.07, 6.45) is 8.87. The number of thiazole rings is 1. The Morgan fingerprint density at radius 1 is 1.05 bits per heavy atom. The Kier molecular flexibility index (Phi) is 9.21. The molecular weight excluding hydrogens is 546 g/mol. The van der Waals surface area contributed by atoms with Crippen molar-refractivity contribution in [1.82, 2.24) is 10.3 Å². The third kappa shape index (κ3) is 6.19. The number of nitrogens with zero attached hydrogens (tertiary/aromatic N) is 1. The molecule has 2 fully saturated rings. The van der Waals surface area contributed by atoms with Crippen molar-refractivity contribution in [2.75, 3.05) is 21.3 Å². The van der Waals surface area contributed by atoms with Crippen molar-refractivity contribution in [1.29, 1.82) is 0 Å². The quantitative estimate of drug-likeness (QED) is 0.293. The van der Waals surface area contributed by atoms with Crippen molar-refractivity contribution >= 4 is 23.2 Å². The molecule has 2 aliphatic carbocycles. The lowest BCUT2D eigenvalue weighted by Gasteiger charge is -2.45. The number of amides is 2. The molecule has 2 saturated carbocycles. The standard InChI is InChI=1S/C34H43N3O4S/c1-21-16-24(12-13-29(21)40-3)23-10-8-22(9-11-23)18-34(32(35)39)15-14-27(31(38)36-2)28(19-34)25-6-5-7-26(17-25)30-20-37-33(41-4)42-30/h5-7,12-13,16-17,20,22-23,27-28H,8-11,14-15,18-19H2,1-4H3,(H2,35,39)(H,36,38)/t22?,23?,27-,28+,34?/m1/s1. The van der Waals surface area contributed by atoms with Crippen LogP contribution in [0, 0.1) is 24.2 Å². The predicted octanol–water partition coefficient (Wildman–Crippen LogP) is 6.60. The Bertz CT molecular complexity index is 1410. The molecule has 1 aromatic heterocycles. The van der Waals surface area contributed by atoms with Gasteiger partial charge in [-0.15, -0.1) is 0 Å². The first kappa shape index (κ1) is 30.1. The van der Waals surface area contributed by atoms with E-state index in [0.29, 0.717) is 36.3 Å². The van der Waals surface area contributed by atoms with Gasteiger partial charge in [0.15, 0.2) is 0 Å². The van der Waals surface area contributed by atoms with E-state index in [0.717, 1.165) is 53.9 Å². The number of primary amides is 1. The summed E-state index contributed by atoms with van der Waals surface area (Å²) in [6.45, 7) is 2.10. The van der Waals surface area contributed by atoms with Gasteiger partial charge in [0.05, 0.1) is 19.1 Å². The highest BCUT2D eigenvalue weighted by molar-refractivity contribution is 7.16. The number of benzene rings is 2. The Balaban J connectivity index is 1.35. The van der Waals surface area contributed by atoms with E-state index in [2.05, 4.69) is 53.6 Å². The topological polar surface area (TPSA) is 104 Å². The Morgan fingerprint density at radius 3 is 2.48 bits per heavy atom. The summed E-state index contributed by atoms with van der Waals surface area (Å²) < 4.78 is 10.7. The van der Waals surface area contributed by atoms with E-state index >= 15 is 0 Å². The van der Waals surface area contributed by atoms with Crippen LogP contribution in [0.3, 0.4) is 0 Å². The van der Waals surface area contributed by atoms with Gasteiger partial charge in [0.2, 0.25) is 11.8 Å². The molecule has 0 saturated heterocycles. The summed E-state index contributed by atoms with van der Waals surface area (Å²) in [5, 5.41) is 3.49. The minimum Gasteiger partial charge on any atom is -0.496 e. The largest absolute Gasteiger partial charge is 0.496 e. The van der Waals surface area contributed by atoms with Gasteiger partial charge in [-0.3, -0.25) is 9.59 Å². The Morgan fingerprint density at radius 2 is 1.83 bits per heavy atom. The lowest BCUT2D eigenvalue weighted by molar-refractivity contribution is -0.136. The van der Waals surface area contributed by atoms with E-state index in [4.69, 9.17) is 15.2 Å². The lowest BCUT2D eigenvalue weighted by atomic mass is 9.59. The van der Waals surface area contributed by atoms with Crippen molar-refractivity contribution < 1.29 is 19.1 Å². The summed E-state index contributed by atoms with van der Waals surface area (Å²) in [5.74, 6) is 1.40. The van der Waals surface area contributed by atoms with Crippen LogP contribution in [-0.2, 0) is 9.59 Å². The van der Waals surface area contributed by atoms with Gasteiger partial charge in [0.1, 0.15) is 5.75 Å². The summed E-state index contributed by atoms with van der Waals surface area (Å²) in [4.78, 5) is 31.7. The van der Waals surface area contributed by atoms with E-state index in [1.54, 1.807) is 21.3 Å². The van der Waals surface area contributed by atoms with Crippen LogP contribution in [0.1, 0.15) is 79.9 Å². The predicted molar refractivity (Wildman–Crippen MR) is 167 cm³/mol. The summed E-state index contributed by atoms with van der Waals surface area (Å²) in [7, 11) is 5.02. The number of aromatic nitrogens is 1. The van der Waals surface area contributed by atoms with Gasteiger partial charge in [0.25, 0.3) is 5.19 Å². The second kappa shape index (κ2) is 12.9. The molecule has 1 unspecified atom stereocenters. The van der Waals surface area contributed by atoms with Crippen LogP contribution in [0.25, 0.3) is 10.4 Å². The van der Waals surface area contributed by atoms with Crippen molar-refractivity contribution in [3.63, 3.8) is 0 Å². The molecule has 2 amide bonds. The summed E-state index contributed by atoms with van der Waals surface area (Å²) >= 11 is 1.49. The molecule has 0 aliphatic heterocycles. The number of hydrogen-bond donors (Lipinski definition) is 2. The smallest absolute Gasteiger partial charge is 0.273 e. The lowest BCUT2D eigenvalue weighted by Crippen LogP contribution is -2.47. The molecule has 8 heteroatoms.